The third-order valence-corrected chi connectivity index (χ3v) is 8.01. The van der Waals surface area contributed by atoms with Crippen molar-refractivity contribution in [2.24, 2.45) is 0 Å². The van der Waals surface area contributed by atoms with Crippen molar-refractivity contribution in [3.8, 4) is 0 Å². The van der Waals surface area contributed by atoms with Crippen molar-refractivity contribution < 1.29 is 14.9 Å². The summed E-state index contributed by atoms with van der Waals surface area (Å²) in [5.41, 5.74) is 3.43. The molecular formula is C27H38N6O3. The Hall–Kier alpha value is -2.88. The quantitative estimate of drug-likeness (QED) is 0.427. The van der Waals surface area contributed by atoms with Gasteiger partial charge in [0.25, 0.3) is 0 Å². The number of likely N-dealkylation sites (N-methyl/N-ethyl adjacent to an activating group) is 1. The highest BCUT2D eigenvalue weighted by Crippen LogP contribution is 2.42. The van der Waals surface area contributed by atoms with Gasteiger partial charge in [0, 0.05) is 70.2 Å². The molecule has 1 aromatic heterocycles. The SMILES string of the molecule is CNC1CC(N2CC(C(=O)N(C)C)c3ccc(N4CCN(c5ccc(CCOO)cc5)CC4)nc32)C1. The van der Waals surface area contributed by atoms with E-state index in [1.165, 1.54) is 5.69 Å². The number of anilines is 3. The number of carbonyl (C=O) groups excluding carboxylic acids is 1. The molecule has 194 valence electrons. The number of amides is 1. The number of aromatic nitrogens is 1. The lowest BCUT2D eigenvalue weighted by molar-refractivity contribution is -0.241. The van der Waals surface area contributed by atoms with Crippen LogP contribution in [0.25, 0.3) is 0 Å². The zero-order valence-corrected chi connectivity index (χ0v) is 21.6. The van der Waals surface area contributed by atoms with Crippen LogP contribution in [-0.4, -0.2) is 93.6 Å². The fourth-order valence-electron chi connectivity index (χ4n) is 5.66. The molecule has 3 heterocycles. The first-order valence-electron chi connectivity index (χ1n) is 13.0. The number of carbonyl (C=O) groups is 1. The van der Waals surface area contributed by atoms with E-state index in [1.807, 2.05) is 21.1 Å². The van der Waals surface area contributed by atoms with Crippen molar-refractivity contribution in [2.45, 2.75) is 37.3 Å². The molecule has 3 aliphatic rings. The van der Waals surface area contributed by atoms with Crippen LogP contribution < -0.4 is 20.0 Å². The number of nitrogens with zero attached hydrogens (tertiary/aromatic N) is 5. The number of nitrogens with one attached hydrogen (secondary N) is 1. The Kier molecular flexibility index (Phi) is 7.32. The molecule has 36 heavy (non-hydrogen) atoms. The van der Waals surface area contributed by atoms with Crippen molar-refractivity contribution in [2.75, 3.05) is 75.2 Å². The van der Waals surface area contributed by atoms with Crippen LogP contribution in [0.1, 0.15) is 29.9 Å². The molecule has 5 rings (SSSR count). The Labute approximate surface area is 213 Å². The van der Waals surface area contributed by atoms with E-state index in [4.69, 9.17) is 10.2 Å². The first-order chi connectivity index (χ1) is 17.5. The normalized spacial score (nSPS) is 23.4. The number of pyridine rings is 1. The molecule has 1 saturated heterocycles. The van der Waals surface area contributed by atoms with Crippen molar-refractivity contribution in [3.05, 3.63) is 47.5 Å². The van der Waals surface area contributed by atoms with Crippen LogP contribution in [-0.2, 0) is 16.1 Å². The van der Waals surface area contributed by atoms with Gasteiger partial charge < -0.3 is 24.9 Å². The van der Waals surface area contributed by atoms with Gasteiger partial charge in [-0.2, -0.15) is 0 Å². The zero-order valence-electron chi connectivity index (χ0n) is 21.6. The molecule has 2 fully saturated rings. The summed E-state index contributed by atoms with van der Waals surface area (Å²) in [6.07, 6.45) is 2.88. The molecule has 2 N–H and O–H groups in total. The van der Waals surface area contributed by atoms with Crippen LogP contribution >= 0.6 is 0 Å². The van der Waals surface area contributed by atoms with Gasteiger partial charge in [-0.3, -0.25) is 10.1 Å². The largest absolute Gasteiger partial charge is 0.368 e. The van der Waals surface area contributed by atoms with Crippen LogP contribution in [0.3, 0.4) is 0 Å². The minimum absolute atomic E-state index is 0.144. The van der Waals surface area contributed by atoms with Crippen LogP contribution in [0.2, 0.25) is 0 Å². The maximum atomic E-state index is 13.0. The highest BCUT2D eigenvalue weighted by Gasteiger charge is 2.43. The molecule has 1 amide bonds. The summed E-state index contributed by atoms with van der Waals surface area (Å²) in [7, 11) is 5.70. The van der Waals surface area contributed by atoms with E-state index in [2.05, 4.69) is 61.3 Å². The first kappa shape index (κ1) is 24.8. The Bertz CT molecular complexity index is 1050. The summed E-state index contributed by atoms with van der Waals surface area (Å²) < 4.78 is 0. The summed E-state index contributed by atoms with van der Waals surface area (Å²) in [5, 5.41) is 11.9. The minimum Gasteiger partial charge on any atom is -0.368 e. The standard InChI is InChI=1S/C27H38N6O3/c1-28-20-16-22(17-20)33-18-24(27(34)30(2)3)23-8-9-25(29-26(23)33)32-13-11-31(12-14-32)21-6-4-19(5-7-21)10-15-36-35/h4-9,20,22,24,28,35H,10-18H2,1-3H3. The molecule has 9 nitrogen and oxygen atoms in total. The molecule has 2 aliphatic heterocycles. The molecule has 1 aromatic carbocycles. The Morgan fingerprint density at radius 2 is 1.78 bits per heavy atom. The molecular weight excluding hydrogens is 456 g/mol. The number of piperazine rings is 1. The van der Waals surface area contributed by atoms with Gasteiger partial charge in [-0.1, -0.05) is 18.2 Å². The van der Waals surface area contributed by atoms with Gasteiger partial charge in [-0.25, -0.2) is 9.87 Å². The molecule has 0 spiro atoms. The maximum absolute atomic E-state index is 13.0. The number of hydrogen-bond donors (Lipinski definition) is 2. The van der Waals surface area contributed by atoms with Crippen molar-refractivity contribution in [1.82, 2.24) is 15.2 Å². The summed E-state index contributed by atoms with van der Waals surface area (Å²) in [4.78, 5) is 31.2. The van der Waals surface area contributed by atoms with E-state index in [9.17, 15) is 4.79 Å². The number of rotatable bonds is 8. The molecule has 2 aromatic rings. The lowest BCUT2D eigenvalue weighted by Crippen LogP contribution is -2.52. The van der Waals surface area contributed by atoms with Crippen molar-refractivity contribution >= 4 is 23.2 Å². The average molecular weight is 495 g/mol. The molecule has 1 unspecified atom stereocenters. The second-order valence-electron chi connectivity index (χ2n) is 10.4. The molecule has 0 radical (unpaired) electrons. The van der Waals surface area contributed by atoms with E-state index in [0.717, 1.165) is 68.3 Å². The maximum Gasteiger partial charge on any atom is 0.231 e. The van der Waals surface area contributed by atoms with Gasteiger partial charge in [0.15, 0.2) is 0 Å². The van der Waals surface area contributed by atoms with Crippen molar-refractivity contribution in [1.29, 1.82) is 0 Å². The monoisotopic (exact) mass is 494 g/mol. The van der Waals surface area contributed by atoms with Gasteiger partial charge in [-0.05, 0) is 50.1 Å². The molecule has 9 heteroatoms. The third-order valence-electron chi connectivity index (χ3n) is 8.01. The predicted molar refractivity (Wildman–Crippen MR) is 142 cm³/mol. The smallest absolute Gasteiger partial charge is 0.231 e. The van der Waals surface area contributed by atoms with E-state index in [-0.39, 0.29) is 11.8 Å². The molecule has 1 atom stereocenters. The minimum atomic E-state index is -0.144. The molecule has 1 saturated carbocycles. The first-order valence-corrected chi connectivity index (χ1v) is 13.0. The second kappa shape index (κ2) is 10.6. The fraction of sp³-hybridized carbons (Fsp3) is 0.556. The van der Waals surface area contributed by atoms with Gasteiger partial charge in [0.1, 0.15) is 11.6 Å². The van der Waals surface area contributed by atoms with Crippen LogP contribution in [0.15, 0.2) is 36.4 Å². The van der Waals surface area contributed by atoms with Crippen LogP contribution in [0, 0.1) is 0 Å². The lowest BCUT2D eigenvalue weighted by Gasteiger charge is -2.42. The van der Waals surface area contributed by atoms with Crippen LogP contribution in [0.4, 0.5) is 17.3 Å². The van der Waals surface area contributed by atoms with Gasteiger partial charge in [-0.15, -0.1) is 0 Å². The fourth-order valence-corrected chi connectivity index (χ4v) is 5.66. The molecule has 0 bridgehead atoms. The summed E-state index contributed by atoms with van der Waals surface area (Å²) in [6, 6.07) is 13.7. The lowest BCUT2D eigenvalue weighted by atomic mass is 9.85. The van der Waals surface area contributed by atoms with E-state index < -0.39 is 0 Å². The third kappa shape index (κ3) is 4.87. The van der Waals surface area contributed by atoms with E-state index in [1.54, 1.807) is 4.90 Å². The van der Waals surface area contributed by atoms with E-state index in [0.29, 0.717) is 25.1 Å². The topological polar surface area (TPSA) is 84.4 Å². The summed E-state index contributed by atoms with van der Waals surface area (Å²) >= 11 is 0. The van der Waals surface area contributed by atoms with Gasteiger partial charge >= 0.3 is 0 Å². The number of hydrogen-bond acceptors (Lipinski definition) is 8. The van der Waals surface area contributed by atoms with Gasteiger partial charge in [0.05, 0.1) is 12.5 Å². The number of benzene rings is 1. The Morgan fingerprint density at radius 3 is 2.42 bits per heavy atom. The second-order valence-corrected chi connectivity index (χ2v) is 10.4. The summed E-state index contributed by atoms with van der Waals surface area (Å²) in [5.74, 6) is 2.01. The van der Waals surface area contributed by atoms with Crippen molar-refractivity contribution in [3.63, 3.8) is 0 Å². The van der Waals surface area contributed by atoms with E-state index >= 15 is 0 Å². The highest BCUT2D eigenvalue weighted by molar-refractivity contribution is 5.88. The predicted octanol–water partition coefficient (Wildman–Crippen LogP) is 2.18. The van der Waals surface area contributed by atoms with Crippen LogP contribution in [0.5, 0.6) is 0 Å². The Morgan fingerprint density at radius 1 is 1.08 bits per heavy atom. The van der Waals surface area contributed by atoms with Gasteiger partial charge in [0.2, 0.25) is 5.91 Å². The Balaban J connectivity index is 1.28. The number of fused-ring (bicyclic) bond motifs is 1. The highest BCUT2D eigenvalue weighted by atomic mass is 17.1. The summed E-state index contributed by atoms with van der Waals surface area (Å²) in [6.45, 7) is 4.68. The zero-order chi connectivity index (χ0) is 25.2. The molecule has 1 aliphatic carbocycles. The average Bonchev–Trinajstić information content (AvgIpc) is 3.25.